The lowest BCUT2D eigenvalue weighted by Crippen LogP contribution is -2.47. The van der Waals surface area contributed by atoms with Gasteiger partial charge in [-0.25, -0.2) is 0 Å². The van der Waals surface area contributed by atoms with E-state index in [0.29, 0.717) is 36.1 Å². The number of piperidine rings is 1. The van der Waals surface area contributed by atoms with Gasteiger partial charge in [0.05, 0.1) is 17.6 Å². The Morgan fingerprint density at radius 2 is 2.00 bits per heavy atom. The molecule has 0 saturated carbocycles. The first-order valence-electron chi connectivity index (χ1n) is 11.0. The van der Waals surface area contributed by atoms with Gasteiger partial charge in [-0.1, -0.05) is 6.92 Å². The third-order valence-corrected chi connectivity index (χ3v) is 6.47. The second-order valence-corrected chi connectivity index (χ2v) is 9.08. The Labute approximate surface area is 179 Å². The monoisotopic (exact) mass is 405 g/mol. The predicted octanol–water partition coefficient (Wildman–Crippen LogP) is 2.78. The summed E-state index contributed by atoms with van der Waals surface area (Å²) in [5.74, 6) is 1.27. The zero-order chi connectivity index (χ0) is 21.1. The molecule has 4 rings (SSSR count). The van der Waals surface area contributed by atoms with Crippen molar-refractivity contribution in [1.29, 1.82) is 5.26 Å². The fourth-order valence-electron chi connectivity index (χ4n) is 4.99. The van der Waals surface area contributed by atoms with Crippen LogP contribution < -0.4 is 4.90 Å². The van der Waals surface area contributed by atoms with Gasteiger partial charge >= 0.3 is 0 Å². The Morgan fingerprint density at radius 3 is 2.77 bits per heavy atom. The highest BCUT2D eigenvalue weighted by Gasteiger charge is 2.28. The number of hydrogen-bond acceptors (Lipinski definition) is 6. The lowest BCUT2D eigenvalue weighted by atomic mass is 9.86. The number of aromatic nitrogens is 1. The number of hydrogen-bond donors (Lipinski definition) is 0. The highest BCUT2D eigenvalue weighted by Crippen LogP contribution is 2.33. The number of nitrogens with zero attached hydrogens (tertiary/aromatic N) is 5. The molecule has 0 bridgehead atoms. The minimum atomic E-state index is 0.366. The van der Waals surface area contributed by atoms with Gasteiger partial charge in [0.1, 0.15) is 11.9 Å². The Morgan fingerprint density at radius 1 is 1.20 bits per heavy atom. The van der Waals surface area contributed by atoms with E-state index in [-0.39, 0.29) is 0 Å². The normalized spacial score (nSPS) is 23.4. The Balaban J connectivity index is 1.46. The summed E-state index contributed by atoms with van der Waals surface area (Å²) in [6, 6.07) is 10.1. The Bertz CT molecular complexity index is 944. The number of likely N-dealkylation sites (N-methyl/N-ethyl adjacent to an activating group) is 1. The van der Waals surface area contributed by atoms with Gasteiger partial charge in [0.2, 0.25) is 0 Å². The van der Waals surface area contributed by atoms with E-state index in [4.69, 9.17) is 0 Å². The second-order valence-electron chi connectivity index (χ2n) is 9.08. The fourth-order valence-corrected chi connectivity index (χ4v) is 4.99. The molecule has 2 fully saturated rings. The first kappa shape index (κ1) is 20.8. The summed E-state index contributed by atoms with van der Waals surface area (Å²) in [5, 5.41) is 10.4. The van der Waals surface area contributed by atoms with E-state index in [0.717, 1.165) is 62.3 Å². The zero-order valence-corrected chi connectivity index (χ0v) is 18.0. The van der Waals surface area contributed by atoms with Crippen molar-refractivity contribution in [1.82, 2.24) is 14.8 Å². The molecule has 0 radical (unpaired) electrons. The summed E-state index contributed by atoms with van der Waals surface area (Å²) in [6.45, 7) is 8.77. The number of fused-ring (bicyclic) bond motifs is 1. The standard InChI is InChI=1S/C24H31N5O/c1-18-12-19(13-21(30)17-28-10-8-27(2)9-11-28)16-29(15-18)23-6-5-20(14-25)24-22(23)4-3-7-26-24/h3-7,18-19H,8-13,15-17H2,1-2H3/t18-,19-/m0/s1. The summed E-state index contributed by atoms with van der Waals surface area (Å²) < 4.78 is 0. The number of carbonyl (C=O) groups is 1. The van der Waals surface area contributed by atoms with Gasteiger partial charge in [-0.3, -0.25) is 14.7 Å². The molecule has 1 aromatic carbocycles. The minimum absolute atomic E-state index is 0.366. The summed E-state index contributed by atoms with van der Waals surface area (Å²) in [7, 11) is 2.14. The first-order valence-corrected chi connectivity index (χ1v) is 11.0. The number of Topliss-reactive ketones (excluding diaryl/α,β-unsaturated/α-hetero) is 1. The molecule has 0 amide bonds. The molecule has 2 aliphatic rings. The molecular formula is C24H31N5O. The van der Waals surface area contributed by atoms with Crippen LogP contribution in [0.2, 0.25) is 0 Å². The van der Waals surface area contributed by atoms with E-state index >= 15 is 0 Å². The van der Waals surface area contributed by atoms with E-state index < -0.39 is 0 Å². The van der Waals surface area contributed by atoms with Crippen molar-refractivity contribution in [3.63, 3.8) is 0 Å². The average Bonchev–Trinajstić information content (AvgIpc) is 2.74. The highest BCUT2D eigenvalue weighted by molar-refractivity contribution is 5.95. The van der Waals surface area contributed by atoms with Crippen molar-refractivity contribution in [2.45, 2.75) is 19.8 Å². The number of rotatable bonds is 5. The maximum absolute atomic E-state index is 12.8. The van der Waals surface area contributed by atoms with Gasteiger partial charge in [0.25, 0.3) is 0 Å². The van der Waals surface area contributed by atoms with Gasteiger partial charge in [-0.2, -0.15) is 5.26 Å². The Hall–Kier alpha value is -2.49. The predicted molar refractivity (Wildman–Crippen MR) is 120 cm³/mol. The van der Waals surface area contributed by atoms with Crippen LogP contribution in [-0.2, 0) is 4.79 Å². The molecule has 2 aromatic rings. The van der Waals surface area contributed by atoms with Crippen molar-refractivity contribution in [2.24, 2.45) is 11.8 Å². The zero-order valence-electron chi connectivity index (χ0n) is 18.0. The summed E-state index contributed by atoms with van der Waals surface area (Å²) in [6.07, 6.45) is 3.49. The second kappa shape index (κ2) is 9.11. The van der Waals surface area contributed by atoms with Crippen molar-refractivity contribution in [3.05, 3.63) is 36.0 Å². The SMILES string of the molecule is C[C@H]1C[C@@H](CC(=O)CN2CCN(C)CC2)CN(c2ccc(C#N)c3ncccc23)C1. The summed E-state index contributed by atoms with van der Waals surface area (Å²) in [5.41, 5.74) is 2.50. The van der Waals surface area contributed by atoms with Gasteiger partial charge in [0, 0.05) is 63.0 Å². The number of nitriles is 1. The van der Waals surface area contributed by atoms with E-state index in [1.54, 1.807) is 6.20 Å². The largest absolute Gasteiger partial charge is 0.370 e. The third-order valence-electron chi connectivity index (χ3n) is 6.47. The lowest BCUT2D eigenvalue weighted by Gasteiger charge is -2.39. The van der Waals surface area contributed by atoms with E-state index in [9.17, 15) is 10.1 Å². The molecule has 3 heterocycles. The Kier molecular flexibility index (Phi) is 6.31. The molecule has 6 nitrogen and oxygen atoms in total. The van der Waals surface area contributed by atoms with Crippen LogP contribution in [0.15, 0.2) is 30.5 Å². The van der Waals surface area contributed by atoms with Crippen LogP contribution in [0, 0.1) is 23.2 Å². The molecule has 2 atom stereocenters. The van der Waals surface area contributed by atoms with Crippen molar-refractivity contribution in [3.8, 4) is 6.07 Å². The first-order chi connectivity index (χ1) is 14.5. The van der Waals surface area contributed by atoms with Crippen LogP contribution in [0.25, 0.3) is 10.9 Å². The molecule has 2 saturated heterocycles. The van der Waals surface area contributed by atoms with E-state index in [1.165, 1.54) is 0 Å². The van der Waals surface area contributed by atoms with Gasteiger partial charge in [-0.15, -0.1) is 0 Å². The molecule has 1 aromatic heterocycles. The summed E-state index contributed by atoms with van der Waals surface area (Å²) >= 11 is 0. The van der Waals surface area contributed by atoms with Crippen LogP contribution >= 0.6 is 0 Å². The number of carbonyl (C=O) groups excluding carboxylic acids is 1. The van der Waals surface area contributed by atoms with Gasteiger partial charge in [-0.05, 0) is 49.6 Å². The van der Waals surface area contributed by atoms with Crippen molar-refractivity contribution < 1.29 is 4.79 Å². The van der Waals surface area contributed by atoms with Crippen LogP contribution in [-0.4, -0.2) is 73.4 Å². The van der Waals surface area contributed by atoms with Crippen LogP contribution in [0.5, 0.6) is 0 Å². The molecule has 158 valence electrons. The number of benzene rings is 1. The fraction of sp³-hybridized carbons (Fsp3) is 0.542. The molecule has 0 aliphatic carbocycles. The van der Waals surface area contributed by atoms with Gasteiger partial charge < -0.3 is 9.80 Å². The maximum Gasteiger partial charge on any atom is 0.147 e. The number of anilines is 1. The third kappa shape index (κ3) is 4.63. The molecule has 6 heteroatoms. The molecule has 0 spiro atoms. The molecule has 0 unspecified atom stereocenters. The highest BCUT2D eigenvalue weighted by atomic mass is 16.1. The minimum Gasteiger partial charge on any atom is -0.370 e. The number of pyridine rings is 1. The number of ketones is 1. The quantitative estimate of drug-likeness (QED) is 0.762. The molecule has 30 heavy (non-hydrogen) atoms. The van der Waals surface area contributed by atoms with Gasteiger partial charge in [0.15, 0.2) is 0 Å². The van der Waals surface area contributed by atoms with Crippen LogP contribution in [0.4, 0.5) is 5.69 Å². The lowest BCUT2D eigenvalue weighted by molar-refractivity contribution is -0.121. The molecular weight excluding hydrogens is 374 g/mol. The number of piperazine rings is 1. The average molecular weight is 406 g/mol. The molecule has 0 N–H and O–H groups in total. The van der Waals surface area contributed by atoms with E-state index in [2.05, 4.69) is 39.7 Å². The maximum atomic E-state index is 12.8. The summed E-state index contributed by atoms with van der Waals surface area (Å²) in [4.78, 5) is 24.3. The topological polar surface area (TPSA) is 63.5 Å². The smallest absolute Gasteiger partial charge is 0.147 e. The van der Waals surface area contributed by atoms with E-state index in [1.807, 2.05) is 24.3 Å². The van der Waals surface area contributed by atoms with Crippen LogP contribution in [0.3, 0.4) is 0 Å². The van der Waals surface area contributed by atoms with Crippen molar-refractivity contribution in [2.75, 3.05) is 57.8 Å². The van der Waals surface area contributed by atoms with Crippen LogP contribution in [0.1, 0.15) is 25.3 Å². The van der Waals surface area contributed by atoms with Crippen molar-refractivity contribution >= 4 is 22.4 Å². The molecule has 2 aliphatic heterocycles.